The first-order chi connectivity index (χ1) is 8.79. The summed E-state index contributed by atoms with van der Waals surface area (Å²) in [5, 5.41) is 6.65. The Balaban J connectivity index is 1.79. The van der Waals surface area contributed by atoms with Crippen LogP contribution >= 0.6 is 0 Å². The molecule has 0 radical (unpaired) electrons. The topological polar surface area (TPSA) is 49.6 Å². The lowest BCUT2D eigenvalue weighted by Crippen LogP contribution is -2.39. The van der Waals surface area contributed by atoms with Gasteiger partial charge in [-0.2, -0.15) is 0 Å². The Morgan fingerprint density at radius 2 is 2.50 bits per heavy atom. The van der Waals surface area contributed by atoms with Crippen LogP contribution in [0, 0.1) is 5.92 Å². The van der Waals surface area contributed by atoms with Gasteiger partial charge in [-0.15, -0.1) is 6.58 Å². The van der Waals surface area contributed by atoms with E-state index < -0.39 is 0 Å². The van der Waals surface area contributed by atoms with Crippen molar-refractivity contribution in [1.82, 2.24) is 10.6 Å². The van der Waals surface area contributed by atoms with Crippen LogP contribution in [0.15, 0.2) is 40.5 Å². The predicted molar refractivity (Wildman–Crippen MR) is 73.6 cm³/mol. The number of aliphatic imine (C=N–C) groups is 1. The Bertz CT molecular complexity index is 397. The quantitative estimate of drug-likeness (QED) is 0.459. The lowest BCUT2D eigenvalue weighted by Gasteiger charge is -2.10. The number of furan rings is 1. The highest BCUT2D eigenvalue weighted by atomic mass is 16.3. The smallest absolute Gasteiger partial charge is 0.191 e. The number of hydrogen-bond acceptors (Lipinski definition) is 2. The number of guanidine groups is 1. The Hall–Kier alpha value is -1.71. The Morgan fingerprint density at radius 3 is 3.11 bits per heavy atom. The van der Waals surface area contributed by atoms with Crippen LogP contribution < -0.4 is 10.6 Å². The van der Waals surface area contributed by atoms with E-state index in [2.05, 4.69) is 29.1 Å². The van der Waals surface area contributed by atoms with E-state index in [4.69, 9.17) is 4.42 Å². The van der Waals surface area contributed by atoms with Gasteiger partial charge in [0.05, 0.1) is 6.26 Å². The fourth-order valence-corrected chi connectivity index (χ4v) is 1.75. The van der Waals surface area contributed by atoms with E-state index in [1.165, 1.54) is 6.42 Å². The minimum atomic E-state index is 0.574. The average molecular weight is 247 g/mol. The van der Waals surface area contributed by atoms with Crippen LogP contribution in [-0.4, -0.2) is 25.1 Å². The SMILES string of the molecule is C=CCNC(=NCCc1ccco1)NC1CC1C. The predicted octanol–water partition coefficient (Wildman–Crippen LogP) is 1.95. The van der Waals surface area contributed by atoms with Gasteiger partial charge in [-0.05, 0) is 24.5 Å². The van der Waals surface area contributed by atoms with E-state index in [0.717, 1.165) is 37.1 Å². The maximum atomic E-state index is 5.28. The minimum Gasteiger partial charge on any atom is -0.469 e. The van der Waals surface area contributed by atoms with Crippen molar-refractivity contribution in [2.45, 2.75) is 25.8 Å². The highest BCUT2D eigenvalue weighted by Crippen LogP contribution is 2.28. The molecule has 0 saturated heterocycles. The minimum absolute atomic E-state index is 0.574. The van der Waals surface area contributed by atoms with Gasteiger partial charge in [-0.1, -0.05) is 13.0 Å². The summed E-state index contributed by atoms with van der Waals surface area (Å²) in [5.74, 6) is 2.60. The van der Waals surface area contributed by atoms with Crippen molar-refractivity contribution in [2.75, 3.05) is 13.1 Å². The second-order valence-electron chi connectivity index (χ2n) is 4.69. The molecule has 1 aromatic rings. The first kappa shape index (κ1) is 12.7. The summed E-state index contributed by atoms with van der Waals surface area (Å²) in [7, 11) is 0. The molecule has 0 bridgehead atoms. The van der Waals surface area contributed by atoms with E-state index in [0.29, 0.717) is 6.04 Å². The van der Waals surface area contributed by atoms with Crippen molar-refractivity contribution >= 4 is 5.96 Å². The molecule has 2 N–H and O–H groups in total. The monoisotopic (exact) mass is 247 g/mol. The largest absolute Gasteiger partial charge is 0.469 e. The summed E-state index contributed by atoms with van der Waals surface area (Å²) in [6.07, 6.45) is 5.58. The molecule has 2 unspecified atom stereocenters. The lowest BCUT2D eigenvalue weighted by atomic mass is 10.3. The van der Waals surface area contributed by atoms with Crippen LogP contribution in [0.25, 0.3) is 0 Å². The van der Waals surface area contributed by atoms with Crippen molar-refractivity contribution < 1.29 is 4.42 Å². The fourth-order valence-electron chi connectivity index (χ4n) is 1.75. The third-order valence-corrected chi connectivity index (χ3v) is 3.05. The zero-order valence-corrected chi connectivity index (χ0v) is 10.9. The molecule has 1 heterocycles. The van der Waals surface area contributed by atoms with Gasteiger partial charge in [-0.3, -0.25) is 4.99 Å². The molecule has 0 amide bonds. The summed E-state index contributed by atoms with van der Waals surface area (Å²) < 4.78 is 5.28. The average Bonchev–Trinajstić information content (AvgIpc) is 2.84. The second-order valence-corrected chi connectivity index (χ2v) is 4.69. The molecule has 0 aliphatic heterocycles. The van der Waals surface area contributed by atoms with Crippen LogP contribution in [-0.2, 0) is 6.42 Å². The zero-order chi connectivity index (χ0) is 12.8. The summed E-state index contributed by atoms with van der Waals surface area (Å²) in [6, 6.07) is 4.45. The fraction of sp³-hybridized carbons (Fsp3) is 0.500. The summed E-state index contributed by atoms with van der Waals surface area (Å²) in [4.78, 5) is 4.54. The lowest BCUT2D eigenvalue weighted by molar-refractivity contribution is 0.510. The van der Waals surface area contributed by atoms with E-state index in [1.807, 2.05) is 18.2 Å². The molecule has 2 atom stereocenters. The van der Waals surface area contributed by atoms with E-state index in [1.54, 1.807) is 6.26 Å². The Labute approximate surface area is 108 Å². The molecule has 0 aromatic carbocycles. The molecule has 4 heteroatoms. The molecule has 1 aliphatic rings. The molecule has 98 valence electrons. The van der Waals surface area contributed by atoms with Gasteiger partial charge < -0.3 is 15.1 Å². The van der Waals surface area contributed by atoms with Crippen molar-refractivity contribution in [3.8, 4) is 0 Å². The third kappa shape index (κ3) is 3.95. The van der Waals surface area contributed by atoms with Crippen LogP contribution in [0.4, 0.5) is 0 Å². The molecule has 18 heavy (non-hydrogen) atoms. The molecule has 2 rings (SSSR count). The van der Waals surface area contributed by atoms with Gasteiger partial charge in [0.15, 0.2) is 5.96 Å². The molecular weight excluding hydrogens is 226 g/mol. The number of nitrogens with zero attached hydrogens (tertiary/aromatic N) is 1. The van der Waals surface area contributed by atoms with Crippen molar-refractivity contribution in [2.24, 2.45) is 10.9 Å². The van der Waals surface area contributed by atoms with Crippen molar-refractivity contribution in [3.63, 3.8) is 0 Å². The second kappa shape index (κ2) is 6.28. The number of rotatable bonds is 6. The highest BCUT2D eigenvalue weighted by Gasteiger charge is 2.33. The maximum Gasteiger partial charge on any atom is 0.191 e. The summed E-state index contributed by atoms with van der Waals surface area (Å²) in [6.45, 7) is 7.40. The zero-order valence-electron chi connectivity index (χ0n) is 10.9. The van der Waals surface area contributed by atoms with Crippen LogP contribution in [0.5, 0.6) is 0 Å². The first-order valence-electron chi connectivity index (χ1n) is 6.47. The molecule has 0 spiro atoms. The van der Waals surface area contributed by atoms with Gasteiger partial charge in [0.1, 0.15) is 5.76 Å². The van der Waals surface area contributed by atoms with Crippen molar-refractivity contribution in [1.29, 1.82) is 0 Å². The van der Waals surface area contributed by atoms with Gasteiger partial charge in [0, 0.05) is 25.6 Å². The standard InChI is InChI=1S/C14H21N3O/c1-3-7-15-14(17-13-10-11(13)2)16-8-6-12-5-4-9-18-12/h3-5,9,11,13H,1,6-8,10H2,2H3,(H2,15,16,17). The van der Waals surface area contributed by atoms with E-state index in [-0.39, 0.29) is 0 Å². The molecule has 1 aromatic heterocycles. The van der Waals surface area contributed by atoms with Gasteiger partial charge in [-0.25, -0.2) is 0 Å². The number of nitrogens with one attached hydrogen (secondary N) is 2. The van der Waals surface area contributed by atoms with E-state index in [9.17, 15) is 0 Å². The Morgan fingerprint density at radius 1 is 1.67 bits per heavy atom. The van der Waals surface area contributed by atoms with Crippen molar-refractivity contribution in [3.05, 3.63) is 36.8 Å². The Kier molecular flexibility index (Phi) is 4.45. The maximum absolute atomic E-state index is 5.28. The summed E-state index contributed by atoms with van der Waals surface area (Å²) in [5.41, 5.74) is 0. The molecule has 1 aliphatic carbocycles. The third-order valence-electron chi connectivity index (χ3n) is 3.05. The molecule has 4 nitrogen and oxygen atoms in total. The van der Waals surface area contributed by atoms with Gasteiger partial charge >= 0.3 is 0 Å². The first-order valence-corrected chi connectivity index (χ1v) is 6.47. The normalized spacial score (nSPS) is 22.6. The van der Waals surface area contributed by atoms with Crippen LogP contribution in [0.2, 0.25) is 0 Å². The van der Waals surface area contributed by atoms with E-state index >= 15 is 0 Å². The summed E-state index contributed by atoms with van der Waals surface area (Å²) >= 11 is 0. The number of hydrogen-bond donors (Lipinski definition) is 2. The molecular formula is C14H21N3O. The van der Waals surface area contributed by atoms with Gasteiger partial charge in [0.25, 0.3) is 0 Å². The molecule has 1 fully saturated rings. The van der Waals surface area contributed by atoms with Crippen LogP contribution in [0.1, 0.15) is 19.1 Å². The molecule has 1 saturated carbocycles. The highest BCUT2D eigenvalue weighted by molar-refractivity contribution is 5.80. The van der Waals surface area contributed by atoms with Gasteiger partial charge in [0.2, 0.25) is 0 Å². The van der Waals surface area contributed by atoms with Crippen LogP contribution in [0.3, 0.4) is 0 Å².